The van der Waals surface area contributed by atoms with Gasteiger partial charge in [-0.2, -0.15) is 0 Å². The average Bonchev–Trinajstić information content (AvgIpc) is 2.94. The predicted molar refractivity (Wildman–Crippen MR) is 89.5 cm³/mol. The van der Waals surface area contributed by atoms with Gasteiger partial charge in [-0.15, -0.1) is 21.5 Å². The minimum atomic E-state index is -0.0881. The van der Waals surface area contributed by atoms with Crippen molar-refractivity contribution in [2.45, 2.75) is 37.6 Å². The number of thioether (sulfide) groups is 1. The Bertz CT molecular complexity index is 616. The summed E-state index contributed by atoms with van der Waals surface area (Å²) in [5.41, 5.74) is 0.853. The van der Waals surface area contributed by atoms with E-state index in [1.54, 1.807) is 0 Å². The molecule has 21 heavy (non-hydrogen) atoms. The Labute approximate surface area is 135 Å². The van der Waals surface area contributed by atoms with E-state index >= 15 is 0 Å². The maximum Gasteiger partial charge on any atom is 0.236 e. The molecule has 0 unspecified atom stereocenters. The van der Waals surface area contributed by atoms with E-state index in [-0.39, 0.29) is 11.4 Å². The molecule has 0 bridgehead atoms. The van der Waals surface area contributed by atoms with Crippen LogP contribution < -0.4 is 10.6 Å². The molecule has 0 radical (unpaired) electrons. The molecule has 2 heterocycles. The summed E-state index contributed by atoms with van der Waals surface area (Å²) in [5.74, 6) is 0.206. The molecular formula is C12H17N5OS3. The lowest BCUT2D eigenvalue weighted by Crippen LogP contribution is -2.25. The minimum absolute atomic E-state index is 0.0540. The fourth-order valence-electron chi connectivity index (χ4n) is 1.33. The number of aryl methyl sites for hydroxylation is 1. The molecule has 1 amide bonds. The van der Waals surface area contributed by atoms with Crippen LogP contribution >= 0.6 is 34.4 Å². The predicted octanol–water partition coefficient (Wildman–Crippen LogP) is 3.24. The van der Waals surface area contributed by atoms with Gasteiger partial charge in [0.2, 0.25) is 11.0 Å². The Hall–Kier alpha value is -1.19. The third-order valence-corrected chi connectivity index (χ3v) is 4.93. The number of nitrogens with zero attached hydrogens (tertiary/aromatic N) is 3. The highest BCUT2D eigenvalue weighted by Crippen LogP contribution is 2.27. The largest absolute Gasteiger partial charge is 0.355 e. The SMILES string of the molecule is Cc1csc(NC(=O)CSc2nnc(NC(C)(C)C)s2)n1. The van der Waals surface area contributed by atoms with Crippen molar-refractivity contribution >= 4 is 50.6 Å². The summed E-state index contributed by atoms with van der Waals surface area (Å²) in [5, 5.41) is 17.4. The third kappa shape index (κ3) is 5.60. The zero-order valence-corrected chi connectivity index (χ0v) is 14.7. The minimum Gasteiger partial charge on any atom is -0.355 e. The van der Waals surface area contributed by atoms with Gasteiger partial charge < -0.3 is 10.6 Å². The fourth-order valence-corrected chi connectivity index (χ4v) is 3.80. The van der Waals surface area contributed by atoms with Crippen molar-refractivity contribution in [3.05, 3.63) is 11.1 Å². The molecule has 114 valence electrons. The first-order valence-electron chi connectivity index (χ1n) is 6.28. The van der Waals surface area contributed by atoms with Crippen molar-refractivity contribution in [2.75, 3.05) is 16.4 Å². The van der Waals surface area contributed by atoms with E-state index in [0.717, 1.165) is 15.2 Å². The molecule has 0 saturated carbocycles. The first-order valence-corrected chi connectivity index (χ1v) is 8.96. The van der Waals surface area contributed by atoms with Gasteiger partial charge in [-0.25, -0.2) is 4.98 Å². The lowest BCUT2D eigenvalue weighted by Gasteiger charge is -2.18. The van der Waals surface area contributed by atoms with Crippen LogP contribution in [0.3, 0.4) is 0 Å². The van der Waals surface area contributed by atoms with E-state index in [4.69, 9.17) is 0 Å². The van der Waals surface area contributed by atoms with E-state index in [2.05, 4.69) is 46.6 Å². The smallest absolute Gasteiger partial charge is 0.236 e. The summed E-state index contributed by atoms with van der Waals surface area (Å²) in [4.78, 5) is 16.0. The van der Waals surface area contributed by atoms with Crippen LogP contribution in [0.15, 0.2) is 9.72 Å². The number of thiazole rings is 1. The zero-order valence-electron chi connectivity index (χ0n) is 12.3. The molecule has 0 aliphatic rings. The second-order valence-corrected chi connectivity index (χ2v) is 8.44. The number of aromatic nitrogens is 3. The molecule has 9 heteroatoms. The topological polar surface area (TPSA) is 79.8 Å². The Morgan fingerprint density at radius 2 is 2.10 bits per heavy atom. The highest BCUT2D eigenvalue weighted by atomic mass is 32.2. The van der Waals surface area contributed by atoms with Crippen molar-refractivity contribution in [2.24, 2.45) is 0 Å². The van der Waals surface area contributed by atoms with E-state index in [1.807, 2.05) is 12.3 Å². The number of nitrogens with one attached hydrogen (secondary N) is 2. The second-order valence-electron chi connectivity index (χ2n) is 5.38. The van der Waals surface area contributed by atoms with Gasteiger partial charge in [-0.05, 0) is 27.7 Å². The van der Waals surface area contributed by atoms with Gasteiger partial charge in [0.05, 0.1) is 11.4 Å². The maximum atomic E-state index is 11.8. The standard InChI is InChI=1S/C12H17N5OS3/c1-7-5-19-9(13-7)14-8(18)6-20-11-17-16-10(21-11)15-12(2,3)4/h5H,6H2,1-4H3,(H,15,16)(H,13,14,18). The summed E-state index contributed by atoms with van der Waals surface area (Å²) >= 11 is 4.24. The molecule has 6 nitrogen and oxygen atoms in total. The Balaban J connectivity index is 1.81. The average molecular weight is 344 g/mol. The summed E-state index contributed by atoms with van der Waals surface area (Å²) in [7, 11) is 0. The number of amides is 1. The molecule has 2 aromatic heterocycles. The van der Waals surface area contributed by atoms with Gasteiger partial charge in [-0.1, -0.05) is 23.1 Å². The molecule has 0 atom stereocenters. The zero-order chi connectivity index (χ0) is 15.5. The first kappa shape index (κ1) is 16.2. The molecule has 2 N–H and O–H groups in total. The number of hydrogen-bond donors (Lipinski definition) is 2. The highest BCUT2D eigenvalue weighted by Gasteiger charge is 2.14. The highest BCUT2D eigenvalue weighted by molar-refractivity contribution is 8.01. The third-order valence-electron chi connectivity index (χ3n) is 2.08. The summed E-state index contributed by atoms with van der Waals surface area (Å²) in [6.45, 7) is 8.08. The van der Waals surface area contributed by atoms with E-state index in [1.165, 1.54) is 34.4 Å². The van der Waals surface area contributed by atoms with Crippen LogP contribution in [-0.2, 0) is 4.79 Å². The summed E-state index contributed by atoms with van der Waals surface area (Å²) in [6.07, 6.45) is 0. The van der Waals surface area contributed by atoms with Crippen LogP contribution in [0.25, 0.3) is 0 Å². The van der Waals surface area contributed by atoms with Crippen LogP contribution in [-0.4, -0.2) is 32.4 Å². The number of carbonyl (C=O) groups is 1. The molecule has 0 aliphatic carbocycles. The first-order chi connectivity index (χ1) is 9.82. The second kappa shape index (κ2) is 6.71. The fraction of sp³-hybridized carbons (Fsp3) is 0.500. The molecule has 2 aromatic rings. The summed E-state index contributed by atoms with van der Waals surface area (Å²) < 4.78 is 0.771. The normalized spacial score (nSPS) is 11.4. The van der Waals surface area contributed by atoms with Gasteiger partial charge in [-0.3, -0.25) is 4.79 Å². The molecule has 0 aliphatic heterocycles. The maximum absolute atomic E-state index is 11.8. The lowest BCUT2D eigenvalue weighted by atomic mass is 10.1. The van der Waals surface area contributed by atoms with Gasteiger partial charge in [0.1, 0.15) is 0 Å². The van der Waals surface area contributed by atoms with Crippen molar-refractivity contribution in [1.29, 1.82) is 0 Å². The molecule has 0 spiro atoms. The van der Waals surface area contributed by atoms with Crippen molar-refractivity contribution < 1.29 is 4.79 Å². The van der Waals surface area contributed by atoms with Crippen LogP contribution in [0, 0.1) is 6.92 Å². The van der Waals surface area contributed by atoms with Crippen LogP contribution in [0.1, 0.15) is 26.5 Å². The van der Waals surface area contributed by atoms with Gasteiger partial charge in [0, 0.05) is 10.9 Å². The lowest BCUT2D eigenvalue weighted by molar-refractivity contribution is -0.113. The quantitative estimate of drug-likeness (QED) is 0.811. The molecular weight excluding hydrogens is 326 g/mol. The Morgan fingerprint density at radius 3 is 2.71 bits per heavy atom. The van der Waals surface area contributed by atoms with E-state index in [0.29, 0.717) is 10.9 Å². The van der Waals surface area contributed by atoms with Crippen LogP contribution in [0.4, 0.5) is 10.3 Å². The molecule has 2 rings (SSSR count). The van der Waals surface area contributed by atoms with Crippen molar-refractivity contribution in [3.8, 4) is 0 Å². The number of rotatable bonds is 5. The number of carbonyl (C=O) groups excluding carboxylic acids is 1. The molecule has 0 aromatic carbocycles. The van der Waals surface area contributed by atoms with Crippen molar-refractivity contribution in [1.82, 2.24) is 15.2 Å². The van der Waals surface area contributed by atoms with Gasteiger partial charge >= 0.3 is 0 Å². The molecule has 0 fully saturated rings. The summed E-state index contributed by atoms with van der Waals surface area (Å²) in [6, 6.07) is 0. The Morgan fingerprint density at radius 1 is 1.33 bits per heavy atom. The van der Waals surface area contributed by atoms with Crippen LogP contribution in [0.2, 0.25) is 0 Å². The van der Waals surface area contributed by atoms with Gasteiger partial charge in [0.25, 0.3) is 0 Å². The van der Waals surface area contributed by atoms with Crippen LogP contribution in [0.5, 0.6) is 0 Å². The van der Waals surface area contributed by atoms with E-state index < -0.39 is 0 Å². The van der Waals surface area contributed by atoms with Crippen molar-refractivity contribution in [3.63, 3.8) is 0 Å². The Kier molecular flexibility index (Phi) is 5.17. The number of anilines is 2. The van der Waals surface area contributed by atoms with Gasteiger partial charge in [0.15, 0.2) is 9.47 Å². The monoisotopic (exact) mass is 343 g/mol. The molecule has 0 saturated heterocycles. The number of hydrogen-bond acceptors (Lipinski definition) is 8. The van der Waals surface area contributed by atoms with E-state index in [9.17, 15) is 4.79 Å².